The Morgan fingerprint density at radius 1 is 1.11 bits per heavy atom. The average molecular weight is 479 g/mol. The van der Waals surface area contributed by atoms with Crippen LogP contribution in [0, 0.1) is 6.92 Å². The molecule has 1 aliphatic rings. The Morgan fingerprint density at radius 3 is 2.78 bits per heavy atom. The lowest BCUT2D eigenvalue weighted by molar-refractivity contribution is 0.0946. The first-order valence-corrected chi connectivity index (χ1v) is 11.5. The van der Waals surface area contributed by atoms with Crippen LogP contribution >= 0.6 is 0 Å². The van der Waals surface area contributed by atoms with Crippen LogP contribution in [0.2, 0.25) is 0 Å². The third-order valence-electron chi connectivity index (χ3n) is 6.17. The van der Waals surface area contributed by atoms with Gasteiger partial charge in [0, 0.05) is 41.8 Å². The molecule has 0 bridgehead atoms. The van der Waals surface area contributed by atoms with Gasteiger partial charge in [-0.3, -0.25) is 14.0 Å². The maximum Gasteiger partial charge on any atom is 0.251 e. The van der Waals surface area contributed by atoms with Gasteiger partial charge in [0.05, 0.1) is 17.9 Å². The fraction of sp³-hybridized carbons (Fsp3) is 0.111. The number of amides is 2. The predicted octanol–water partition coefficient (Wildman–Crippen LogP) is 4.21. The average Bonchev–Trinajstić information content (AvgIpc) is 3.64. The topological polar surface area (TPSA) is 114 Å². The molecule has 36 heavy (non-hydrogen) atoms. The summed E-state index contributed by atoms with van der Waals surface area (Å²) in [6, 6.07) is 18.9. The van der Waals surface area contributed by atoms with Crippen molar-refractivity contribution in [3.8, 4) is 11.3 Å². The Labute approximate surface area is 206 Å². The molecule has 2 amide bonds. The van der Waals surface area contributed by atoms with E-state index in [0.29, 0.717) is 30.1 Å². The monoisotopic (exact) mass is 478 g/mol. The second-order valence-corrected chi connectivity index (χ2v) is 8.62. The number of aromatic nitrogens is 3. The Balaban J connectivity index is 1.20. The molecule has 0 unspecified atom stereocenters. The number of anilines is 2. The molecule has 0 radical (unpaired) electrons. The van der Waals surface area contributed by atoms with E-state index in [4.69, 9.17) is 4.52 Å². The Morgan fingerprint density at radius 2 is 1.97 bits per heavy atom. The molecule has 6 rings (SSSR count). The van der Waals surface area contributed by atoms with E-state index in [1.807, 2.05) is 60.0 Å². The van der Waals surface area contributed by atoms with E-state index < -0.39 is 0 Å². The van der Waals surface area contributed by atoms with E-state index in [0.717, 1.165) is 39.4 Å². The first kappa shape index (κ1) is 21.6. The van der Waals surface area contributed by atoms with E-state index in [-0.39, 0.29) is 11.8 Å². The smallest absolute Gasteiger partial charge is 0.251 e. The van der Waals surface area contributed by atoms with Crippen molar-refractivity contribution in [2.45, 2.75) is 20.0 Å². The van der Waals surface area contributed by atoms with Gasteiger partial charge in [0.1, 0.15) is 11.5 Å². The van der Waals surface area contributed by atoms with Crippen molar-refractivity contribution >= 4 is 28.8 Å². The normalized spacial score (nSPS) is 12.4. The molecule has 9 heteroatoms. The molecule has 0 spiro atoms. The van der Waals surface area contributed by atoms with Crippen molar-refractivity contribution in [1.29, 1.82) is 0 Å². The number of hydrogen-bond donors (Lipinski definition) is 3. The summed E-state index contributed by atoms with van der Waals surface area (Å²) in [7, 11) is 0. The summed E-state index contributed by atoms with van der Waals surface area (Å²) in [6.45, 7) is 2.66. The van der Waals surface area contributed by atoms with E-state index in [1.54, 1.807) is 24.4 Å². The van der Waals surface area contributed by atoms with Gasteiger partial charge in [-0.1, -0.05) is 11.2 Å². The van der Waals surface area contributed by atoms with Gasteiger partial charge in [0.25, 0.3) is 11.8 Å². The van der Waals surface area contributed by atoms with Crippen LogP contribution in [0.5, 0.6) is 0 Å². The third-order valence-corrected chi connectivity index (χ3v) is 6.17. The number of hydrogen-bond acceptors (Lipinski definition) is 6. The third kappa shape index (κ3) is 3.96. The maximum absolute atomic E-state index is 12.5. The van der Waals surface area contributed by atoms with Gasteiger partial charge in [-0.2, -0.15) is 0 Å². The summed E-state index contributed by atoms with van der Waals surface area (Å²) < 4.78 is 7.04. The van der Waals surface area contributed by atoms with Gasteiger partial charge in [0.15, 0.2) is 5.65 Å². The van der Waals surface area contributed by atoms with Crippen LogP contribution in [0.15, 0.2) is 77.6 Å². The van der Waals surface area contributed by atoms with E-state index in [9.17, 15) is 9.59 Å². The number of nitrogens with one attached hydrogen (secondary N) is 3. The van der Waals surface area contributed by atoms with Crippen LogP contribution < -0.4 is 16.0 Å². The number of fused-ring (bicyclic) bond motifs is 2. The highest BCUT2D eigenvalue weighted by Gasteiger charge is 2.19. The molecule has 0 atom stereocenters. The highest BCUT2D eigenvalue weighted by Crippen LogP contribution is 2.29. The molecule has 2 aromatic carbocycles. The van der Waals surface area contributed by atoms with Crippen molar-refractivity contribution in [3.05, 3.63) is 101 Å². The SMILES string of the molecule is Cc1cc(CNC(=O)c2ccc(Nc3ccc(-c4ccc5c(c4)CNC5=O)n4ccnc34)cc2)no1. The zero-order valence-corrected chi connectivity index (χ0v) is 19.4. The van der Waals surface area contributed by atoms with Crippen LogP contribution in [0.4, 0.5) is 11.4 Å². The van der Waals surface area contributed by atoms with Gasteiger partial charge < -0.3 is 20.5 Å². The van der Waals surface area contributed by atoms with Crippen molar-refractivity contribution in [1.82, 2.24) is 25.2 Å². The molecule has 4 heterocycles. The van der Waals surface area contributed by atoms with Crippen LogP contribution in [-0.4, -0.2) is 26.4 Å². The summed E-state index contributed by atoms with van der Waals surface area (Å²) in [5.41, 5.74) is 7.37. The lowest BCUT2D eigenvalue weighted by Crippen LogP contribution is -2.22. The first-order chi connectivity index (χ1) is 17.5. The molecule has 9 nitrogen and oxygen atoms in total. The molecule has 0 aliphatic carbocycles. The fourth-order valence-electron chi connectivity index (χ4n) is 4.37. The predicted molar refractivity (Wildman–Crippen MR) is 134 cm³/mol. The van der Waals surface area contributed by atoms with Gasteiger partial charge in [-0.25, -0.2) is 4.98 Å². The minimum Gasteiger partial charge on any atom is -0.361 e. The quantitative estimate of drug-likeness (QED) is 0.337. The Hall–Kier alpha value is -4.92. The van der Waals surface area contributed by atoms with Crippen LogP contribution in [0.1, 0.15) is 37.7 Å². The molecule has 0 saturated heterocycles. The second-order valence-electron chi connectivity index (χ2n) is 8.62. The minimum atomic E-state index is -0.187. The summed E-state index contributed by atoms with van der Waals surface area (Å²) in [5.74, 6) is 0.487. The van der Waals surface area contributed by atoms with Crippen molar-refractivity contribution in [2.75, 3.05) is 5.32 Å². The number of nitrogens with zero attached hydrogens (tertiary/aromatic N) is 3. The number of pyridine rings is 1. The number of imidazole rings is 1. The van der Waals surface area contributed by atoms with Crippen LogP contribution in [0.3, 0.4) is 0 Å². The van der Waals surface area contributed by atoms with E-state index in [2.05, 4.69) is 26.1 Å². The molecular formula is C27H22N6O3. The minimum absolute atomic E-state index is 0.0302. The maximum atomic E-state index is 12.5. The first-order valence-electron chi connectivity index (χ1n) is 11.5. The van der Waals surface area contributed by atoms with Crippen molar-refractivity contribution < 1.29 is 14.1 Å². The van der Waals surface area contributed by atoms with Crippen LogP contribution in [0.25, 0.3) is 16.9 Å². The number of aryl methyl sites for hydroxylation is 1. The standard InChI is InChI=1S/C27H22N6O3/c1-16-12-21(32-36-16)15-30-26(34)17-2-5-20(6-3-17)31-23-8-9-24(33-11-10-28-25(23)33)18-4-7-22-19(13-18)14-29-27(22)35/h2-13,31H,14-15H2,1H3,(H,29,35)(H,30,34). The Bertz CT molecular complexity index is 1620. The number of rotatable bonds is 6. The van der Waals surface area contributed by atoms with Crippen molar-refractivity contribution in [2.24, 2.45) is 0 Å². The lowest BCUT2D eigenvalue weighted by Gasteiger charge is -2.13. The zero-order valence-electron chi connectivity index (χ0n) is 19.4. The van der Waals surface area contributed by atoms with Gasteiger partial charge in [-0.05, 0) is 66.6 Å². The molecule has 5 aromatic rings. The lowest BCUT2D eigenvalue weighted by atomic mass is 10.0. The molecule has 1 aliphatic heterocycles. The van der Waals surface area contributed by atoms with E-state index in [1.165, 1.54) is 0 Å². The molecule has 3 N–H and O–H groups in total. The summed E-state index contributed by atoms with van der Waals surface area (Å²) in [4.78, 5) is 28.9. The zero-order chi connectivity index (χ0) is 24.6. The summed E-state index contributed by atoms with van der Waals surface area (Å²) >= 11 is 0. The number of benzene rings is 2. The summed E-state index contributed by atoms with van der Waals surface area (Å²) in [5, 5.41) is 13.0. The number of carbonyl (C=O) groups is 2. The number of carbonyl (C=O) groups excluding carboxylic acids is 2. The molecule has 178 valence electrons. The Kier molecular flexibility index (Phi) is 5.22. The van der Waals surface area contributed by atoms with Gasteiger partial charge in [0.2, 0.25) is 0 Å². The second kappa shape index (κ2) is 8.70. The highest BCUT2D eigenvalue weighted by atomic mass is 16.5. The molecular weight excluding hydrogens is 456 g/mol. The molecule has 3 aromatic heterocycles. The van der Waals surface area contributed by atoms with E-state index >= 15 is 0 Å². The van der Waals surface area contributed by atoms with Gasteiger partial charge >= 0.3 is 0 Å². The largest absolute Gasteiger partial charge is 0.361 e. The fourth-order valence-corrected chi connectivity index (χ4v) is 4.37. The van der Waals surface area contributed by atoms with Crippen molar-refractivity contribution in [3.63, 3.8) is 0 Å². The molecule has 0 fully saturated rings. The van der Waals surface area contributed by atoms with Crippen LogP contribution in [-0.2, 0) is 13.1 Å². The van der Waals surface area contributed by atoms with Gasteiger partial charge in [-0.15, -0.1) is 0 Å². The molecule has 0 saturated carbocycles. The summed E-state index contributed by atoms with van der Waals surface area (Å²) in [6.07, 6.45) is 3.67. The highest BCUT2D eigenvalue weighted by molar-refractivity contribution is 5.99.